The van der Waals surface area contributed by atoms with E-state index in [4.69, 9.17) is 9.84 Å². The highest BCUT2D eigenvalue weighted by molar-refractivity contribution is 9.10. The van der Waals surface area contributed by atoms with E-state index in [1.165, 1.54) is 12.0 Å². The summed E-state index contributed by atoms with van der Waals surface area (Å²) in [4.78, 5) is 12.5. The highest BCUT2D eigenvalue weighted by Gasteiger charge is 2.39. The summed E-state index contributed by atoms with van der Waals surface area (Å²) in [6, 6.07) is 6.32. The van der Waals surface area contributed by atoms with Crippen LogP contribution in [-0.2, 0) is 16.0 Å². The molecule has 0 radical (unpaired) electrons. The maximum absolute atomic E-state index is 12.5. The second-order valence-electron chi connectivity index (χ2n) is 7.01. The van der Waals surface area contributed by atoms with Crippen molar-refractivity contribution in [2.45, 2.75) is 66.7 Å². The third kappa shape index (κ3) is 7.40. The van der Waals surface area contributed by atoms with Crippen molar-refractivity contribution >= 4 is 21.9 Å². The number of halogens is 1. The lowest BCUT2D eigenvalue weighted by atomic mass is 9.83. The number of hydrogen-bond acceptors (Lipinski definition) is 3. The van der Waals surface area contributed by atoms with Crippen molar-refractivity contribution in [1.29, 1.82) is 0 Å². The second-order valence-corrected chi connectivity index (χ2v) is 7.92. The van der Waals surface area contributed by atoms with E-state index in [2.05, 4.69) is 54.9 Å². The molecule has 0 saturated heterocycles. The Hall–Kier alpha value is -0.870. The standard InChI is InChI=1S/C19H27BrO2.C2H6.CH4O/c1-5-22-19(21)18-15(9-13(4)8-12(2)3)10-14-6-7-16(20)11-17(14)18;2*1-2/h6-7,11-13,15,18H,5,8-10H2,1-4H3;1-2H3;2H,1H3. The molecule has 1 aliphatic rings. The van der Waals surface area contributed by atoms with Crippen LogP contribution in [0.15, 0.2) is 22.7 Å². The summed E-state index contributed by atoms with van der Waals surface area (Å²) in [5.41, 5.74) is 2.47. The topological polar surface area (TPSA) is 46.5 Å². The van der Waals surface area contributed by atoms with Gasteiger partial charge < -0.3 is 9.84 Å². The lowest BCUT2D eigenvalue weighted by molar-refractivity contribution is -0.146. The number of hydrogen-bond donors (Lipinski definition) is 1. The highest BCUT2D eigenvalue weighted by atomic mass is 79.9. The minimum absolute atomic E-state index is 0.0545. The number of esters is 1. The Morgan fingerprint density at radius 1 is 1.27 bits per heavy atom. The summed E-state index contributed by atoms with van der Waals surface area (Å²) in [5, 5.41) is 7.00. The molecule has 0 spiro atoms. The molecule has 1 aromatic carbocycles. The van der Waals surface area contributed by atoms with Gasteiger partial charge in [0.15, 0.2) is 0 Å². The number of rotatable bonds is 6. The van der Waals surface area contributed by atoms with Crippen LogP contribution in [0.1, 0.15) is 71.4 Å². The van der Waals surface area contributed by atoms with E-state index in [0.29, 0.717) is 24.4 Å². The molecule has 26 heavy (non-hydrogen) atoms. The van der Waals surface area contributed by atoms with Gasteiger partial charge in [-0.05, 0) is 67.2 Å². The van der Waals surface area contributed by atoms with Crippen LogP contribution >= 0.6 is 15.9 Å². The van der Waals surface area contributed by atoms with Crippen LogP contribution < -0.4 is 0 Å². The SMILES string of the molecule is CC.CCOC(=O)C1c2cc(Br)ccc2CC1CC(C)CC(C)C.CO. The summed E-state index contributed by atoms with van der Waals surface area (Å²) in [5.74, 6) is 1.56. The third-order valence-electron chi connectivity index (χ3n) is 4.52. The molecular weight excluding hydrogens is 392 g/mol. The smallest absolute Gasteiger partial charge is 0.313 e. The van der Waals surface area contributed by atoms with Crippen LogP contribution in [0.4, 0.5) is 0 Å². The molecule has 1 N–H and O–H groups in total. The Bertz CT molecular complexity index is 528. The van der Waals surface area contributed by atoms with Crippen LogP contribution in [-0.4, -0.2) is 24.8 Å². The van der Waals surface area contributed by atoms with Crippen LogP contribution in [0.2, 0.25) is 0 Å². The normalized spacial score (nSPS) is 18.8. The Kier molecular flexibility index (Phi) is 12.9. The first-order chi connectivity index (χ1) is 12.4. The number of fused-ring (bicyclic) bond motifs is 1. The molecule has 0 fully saturated rings. The van der Waals surface area contributed by atoms with Gasteiger partial charge in [0.2, 0.25) is 0 Å². The van der Waals surface area contributed by atoms with Gasteiger partial charge in [0.25, 0.3) is 0 Å². The fourth-order valence-electron chi connectivity index (χ4n) is 3.88. The van der Waals surface area contributed by atoms with Gasteiger partial charge in [-0.1, -0.05) is 56.6 Å². The summed E-state index contributed by atoms with van der Waals surface area (Å²) in [7, 11) is 1.00. The Morgan fingerprint density at radius 2 is 1.88 bits per heavy atom. The molecule has 1 aliphatic carbocycles. The van der Waals surface area contributed by atoms with E-state index in [0.717, 1.165) is 30.0 Å². The molecule has 3 unspecified atom stereocenters. The van der Waals surface area contributed by atoms with Crippen molar-refractivity contribution in [3.05, 3.63) is 33.8 Å². The van der Waals surface area contributed by atoms with Crippen molar-refractivity contribution in [2.24, 2.45) is 17.8 Å². The third-order valence-corrected chi connectivity index (χ3v) is 5.01. The number of benzene rings is 1. The van der Waals surface area contributed by atoms with Gasteiger partial charge in [-0.25, -0.2) is 0 Å². The molecule has 150 valence electrons. The van der Waals surface area contributed by atoms with E-state index in [-0.39, 0.29) is 11.9 Å². The number of aliphatic hydroxyl groups is 1. The number of carbonyl (C=O) groups is 1. The van der Waals surface area contributed by atoms with E-state index < -0.39 is 0 Å². The largest absolute Gasteiger partial charge is 0.466 e. The molecule has 0 heterocycles. The Morgan fingerprint density at radius 3 is 2.42 bits per heavy atom. The first-order valence-corrected chi connectivity index (χ1v) is 10.6. The quantitative estimate of drug-likeness (QED) is 0.567. The van der Waals surface area contributed by atoms with Crippen LogP contribution in [0.5, 0.6) is 0 Å². The highest BCUT2D eigenvalue weighted by Crippen LogP contribution is 2.43. The Balaban J connectivity index is 0.00000146. The van der Waals surface area contributed by atoms with Crippen molar-refractivity contribution in [3.63, 3.8) is 0 Å². The fraction of sp³-hybridized carbons (Fsp3) is 0.682. The molecule has 0 saturated carbocycles. The van der Waals surface area contributed by atoms with E-state index in [9.17, 15) is 4.79 Å². The summed E-state index contributed by atoms with van der Waals surface area (Å²) in [6.45, 7) is 13.2. The van der Waals surface area contributed by atoms with Gasteiger partial charge in [-0.2, -0.15) is 0 Å². The summed E-state index contributed by atoms with van der Waals surface area (Å²) in [6.07, 6.45) is 3.30. The van der Waals surface area contributed by atoms with Gasteiger partial charge in [0, 0.05) is 11.6 Å². The van der Waals surface area contributed by atoms with Crippen LogP contribution in [0, 0.1) is 17.8 Å². The predicted octanol–water partition coefficient (Wildman–Crippen LogP) is 5.98. The number of ether oxygens (including phenoxy) is 1. The lowest BCUT2D eigenvalue weighted by Crippen LogP contribution is -2.22. The molecular formula is C22H37BrO3. The van der Waals surface area contributed by atoms with Gasteiger partial charge in [0.1, 0.15) is 0 Å². The molecule has 0 aliphatic heterocycles. The molecule has 0 aromatic heterocycles. The van der Waals surface area contributed by atoms with Gasteiger partial charge >= 0.3 is 5.97 Å². The molecule has 3 atom stereocenters. The molecule has 3 nitrogen and oxygen atoms in total. The predicted molar refractivity (Wildman–Crippen MR) is 113 cm³/mol. The van der Waals surface area contributed by atoms with Crippen LogP contribution in [0.25, 0.3) is 0 Å². The fourth-order valence-corrected chi connectivity index (χ4v) is 4.26. The van der Waals surface area contributed by atoms with Crippen molar-refractivity contribution in [1.82, 2.24) is 0 Å². The van der Waals surface area contributed by atoms with Gasteiger partial charge in [-0.15, -0.1) is 0 Å². The van der Waals surface area contributed by atoms with E-state index in [1.54, 1.807) is 0 Å². The molecule has 4 heteroatoms. The van der Waals surface area contributed by atoms with Crippen molar-refractivity contribution in [3.8, 4) is 0 Å². The number of carbonyl (C=O) groups excluding carboxylic acids is 1. The minimum atomic E-state index is -0.0953. The average Bonchev–Trinajstić information content (AvgIpc) is 2.94. The molecule has 1 aromatic rings. The van der Waals surface area contributed by atoms with E-state index in [1.807, 2.05) is 20.8 Å². The van der Waals surface area contributed by atoms with Crippen molar-refractivity contribution < 1.29 is 14.6 Å². The molecule has 2 rings (SSSR count). The van der Waals surface area contributed by atoms with Gasteiger partial charge in [0.05, 0.1) is 12.5 Å². The van der Waals surface area contributed by atoms with Crippen LogP contribution in [0.3, 0.4) is 0 Å². The first-order valence-electron chi connectivity index (χ1n) is 9.82. The summed E-state index contributed by atoms with van der Waals surface area (Å²) < 4.78 is 6.40. The number of aliphatic hydroxyl groups excluding tert-OH is 1. The molecule has 0 bridgehead atoms. The zero-order valence-corrected chi connectivity index (χ0v) is 19.1. The average molecular weight is 429 g/mol. The monoisotopic (exact) mass is 428 g/mol. The van der Waals surface area contributed by atoms with Gasteiger partial charge in [-0.3, -0.25) is 4.79 Å². The second kappa shape index (κ2) is 13.3. The molecule has 0 amide bonds. The maximum Gasteiger partial charge on any atom is 0.313 e. The van der Waals surface area contributed by atoms with E-state index >= 15 is 0 Å². The zero-order chi connectivity index (χ0) is 20.3. The first kappa shape index (κ1) is 25.1. The summed E-state index contributed by atoms with van der Waals surface area (Å²) >= 11 is 3.53. The van der Waals surface area contributed by atoms with Crippen molar-refractivity contribution in [2.75, 3.05) is 13.7 Å². The minimum Gasteiger partial charge on any atom is -0.466 e. The lowest BCUT2D eigenvalue weighted by Gasteiger charge is -2.23. The zero-order valence-electron chi connectivity index (χ0n) is 17.5. The Labute approximate surface area is 168 Å². The maximum atomic E-state index is 12.5.